The molecule has 2 heterocycles. The van der Waals surface area contributed by atoms with Crippen molar-refractivity contribution in [2.24, 2.45) is 5.16 Å². The molecule has 1 spiro atoms. The summed E-state index contributed by atoms with van der Waals surface area (Å²) in [5, 5.41) is 11.2. The van der Waals surface area contributed by atoms with Crippen LogP contribution in [-0.2, 0) is 24.4 Å². The molecular weight excluding hydrogens is 527 g/mol. The smallest absolute Gasteiger partial charge is 0.392 e. The number of hydrogen-bond donors (Lipinski definition) is 2. The number of nitrogens with zero attached hydrogens (tertiary/aromatic N) is 2. The van der Waals surface area contributed by atoms with Crippen molar-refractivity contribution < 1.29 is 32.0 Å². The molecule has 0 radical (unpaired) electrons. The Morgan fingerprint density at radius 2 is 1.74 bits per heavy atom. The van der Waals surface area contributed by atoms with Crippen LogP contribution in [0.4, 0.5) is 14.9 Å². The molecule has 0 bridgehead atoms. The SMILES string of the molecule is CC(NC(=O)OC1=NOC2(CCN(S(=O)(=O)c3ccc(F)cc3)CC2)C1)C(=O)Nc1ccc2ccccc2c1. The molecule has 2 N–H and O–H groups in total. The largest absolute Gasteiger partial charge is 0.414 e. The van der Waals surface area contributed by atoms with E-state index < -0.39 is 39.5 Å². The molecule has 10 nitrogen and oxygen atoms in total. The van der Waals surface area contributed by atoms with Crippen LogP contribution >= 0.6 is 0 Å². The van der Waals surface area contributed by atoms with E-state index in [-0.39, 0.29) is 30.3 Å². The molecule has 1 saturated heterocycles. The summed E-state index contributed by atoms with van der Waals surface area (Å²) in [5.41, 5.74) is -0.187. The number of amides is 2. The molecule has 39 heavy (non-hydrogen) atoms. The van der Waals surface area contributed by atoms with Gasteiger partial charge in [-0.25, -0.2) is 17.6 Å². The Balaban J connectivity index is 1.10. The maximum atomic E-state index is 13.2. The molecule has 2 aliphatic rings. The van der Waals surface area contributed by atoms with E-state index in [0.717, 1.165) is 22.9 Å². The van der Waals surface area contributed by atoms with Gasteiger partial charge in [0.25, 0.3) is 0 Å². The first-order valence-electron chi connectivity index (χ1n) is 12.4. The second-order valence-corrected chi connectivity index (χ2v) is 11.5. The molecule has 12 heteroatoms. The van der Waals surface area contributed by atoms with E-state index in [0.29, 0.717) is 18.5 Å². The molecule has 0 aromatic heterocycles. The van der Waals surface area contributed by atoms with E-state index in [1.807, 2.05) is 36.4 Å². The van der Waals surface area contributed by atoms with E-state index in [4.69, 9.17) is 9.57 Å². The summed E-state index contributed by atoms with van der Waals surface area (Å²) in [4.78, 5) is 30.6. The summed E-state index contributed by atoms with van der Waals surface area (Å²) in [6.45, 7) is 1.87. The Morgan fingerprint density at radius 3 is 2.46 bits per heavy atom. The van der Waals surface area contributed by atoms with Crippen molar-refractivity contribution >= 4 is 44.4 Å². The first kappa shape index (κ1) is 26.6. The topological polar surface area (TPSA) is 126 Å². The van der Waals surface area contributed by atoms with Crippen molar-refractivity contribution in [1.29, 1.82) is 0 Å². The number of benzene rings is 3. The van der Waals surface area contributed by atoms with Crippen molar-refractivity contribution in [3.8, 4) is 0 Å². The summed E-state index contributed by atoms with van der Waals surface area (Å²) in [5.74, 6) is -0.887. The van der Waals surface area contributed by atoms with Crippen LogP contribution in [0.3, 0.4) is 0 Å². The fraction of sp³-hybridized carbons (Fsp3) is 0.296. The number of piperidine rings is 1. The lowest BCUT2D eigenvalue weighted by atomic mass is 9.89. The third kappa shape index (κ3) is 5.86. The molecular formula is C27H27FN4O6S. The minimum atomic E-state index is -3.77. The van der Waals surface area contributed by atoms with Crippen LogP contribution in [0, 0.1) is 5.82 Å². The summed E-state index contributed by atoms with van der Waals surface area (Å²) < 4.78 is 45.5. The zero-order valence-corrected chi connectivity index (χ0v) is 21.9. The molecule has 3 aromatic rings. The number of ether oxygens (including phenoxy) is 1. The van der Waals surface area contributed by atoms with Crippen LogP contribution in [0.25, 0.3) is 10.8 Å². The highest BCUT2D eigenvalue weighted by atomic mass is 32.2. The Morgan fingerprint density at radius 1 is 1.05 bits per heavy atom. The summed E-state index contributed by atoms with van der Waals surface area (Å²) in [7, 11) is -3.77. The molecule has 5 rings (SSSR count). The average Bonchev–Trinajstić information content (AvgIpc) is 3.30. The number of alkyl carbamates (subject to hydrolysis) is 1. The van der Waals surface area contributed by atoms with Gasteiger partial charge in [-0.05, 0) is 54.1 Å². The summed E-state index contributed by atoms with van der Waals surface area (Å²) in [6.07, 6.45) is -0.0130. The number of fused-ring (bicyclic) bond motifs is 1. The molecule has 2 aliphatic heterocycles. The van der Waals surface area contributed by atoms with Crippen molar-refractivity contribution in [3.63, 3.8) is 0 Å². The van der Waals surface area contributed by atoms with Gasteiger partial charge >= 0.3 is 6.09 Å². The van der Waals surface area contributed by atoms with Crippen molar-refractivity contribution in [3.05, 3.63) is 72.5 Å². The van der Waals surface area contributed by atoms with E-state index in [1.165, 1.54) is 23.4 Å². The number of sulfonamides is 1. The van der Waals surface area contributed by atoms with Crippen molar-refractivity contribution in [2.45, 2.75) is 42.7 Å². The van der Waals surface area contributed by atoms with Crippen LogP contribution in [0.2, 0.25) is 0 Å². The molecule has 2 amide bonds. The highest BCUT2D eigenvalue weighted by Crippen LogP contribution is 2.36. The molecule has 0 aliphatic carbocycles. The Labute approximate surface area is 224 Å². The lowest BCUT2D eigenvalue weighted by Gasteiger charge is -2.36. The molecule has 1 fully saturated rings. The number of oxime groups is 1. The number of halogens is 1. The van der Waals surface area contributed by atoms with E-state index in [2.05, 4.69) is 15.8 Å². The van der Waals surface area contributed by atoms with Crippen LogP contribution in [-0.4, -0.2) is 55.4 Å². The third-order valence-corrected chi connectivity index (χ3v) is 8.77. The fourth-order valence-corrected chi connectivity index (χ4v) is 6.04. The summed E-state index contributed by atoms with van der Waals surface area (Å²) in [6, 6.07) is 17.1. The van der Waals surface area contributed by atoms with Crippen molar-refractivity contribution in [2.75, 3.05) is 18.4 Å². The zero-order chi connectivity index (χ0) is 27.6. The monoisotopic (exact) mass is 554 g/mol. The fourth-order valence-electron chi connectivity index (χ4n) is 4.60. The van der Waals surface area contributed by atoms with Gasteiger partial charge in [-0.15, -0.1) is 0 Å². The normalized spacial score (nSPS) is 17.7. The van der Waals surface area contributed by atoms with Gasteiger partial charge in [-0.2, -0.15) is 4.31 Å². The second-order valence-electron chi connectivity index (χ2n) is 9.60. The number of rotatable bonds is 5. The van der Waals surface area contributed by atoms with Gasteiger partial charge in [0.15, 0.2) is 0 Å². The van der Waals surface area contributed by atoms with Gasteiger partial charge in [-0.1, -0.05) is 35.5 Å². The number of nitrogens with one attached hydrogen (secondary N) is 2. The van der Waals surface area contributed by atoms with E-state index >= 15 is 0 Å². The van der Waals surface area contributed by atoms with Crippen LogP contribution < -0.4 is 10.6 Å². The molecule has 3 aromatic carbocycles. The average molecular weight is 555 g/mol. The molecule has 0 saturated carbocycles. The van der Waals surface area contributed by atoms with Crippen LogP contribution in [0.15, 0.2) is 76.8 Å². The highest BCUT2D eigenvalue weighted by molar-refractivity contribution is 7.89. The molecule has 1 atom stereocenters. The predicted molar refractivity (Wildman–Crippen MR) is 142 cm³/mol. The lowest BCUT2D eigenvalue weighted by molar-refractivity contribution is -0.117. The molecule has 204 valence electrons. The first-order valence-corrected chi connectivity index (χ1v) is 13.9. The quantitative estimate of drug-likeness (QED) is 0.491. The lowest BCUT2D eigenvalue weighted by Crippen LogP contribution is -2.47. The van der Waals surface area contributed by atoms with E-state index in [9.17, 15) is 22.4 Å². The Bertz CT molecular complexity index is 1540. The van der Waals surface area contributed by atoms with Gasteiger partial charge in [0.05, 0.1) is 11.3 Å². The third-order valence-electron chi connectivity index (χ3n) is 6.85. The van der Waals surface area contributed by atoms with Gasteiger partial charge < -0.3 is 20.2 Å². The standard InChI is InChI=1S/C27H27FN4O6S/c1-18(25(33)30-22-9-6-19-4-2-3-5-20(19)16-22)29-26(34)37-24-17-27(38-31-24)12-14-32(15-13-27)39(35,36)23-10-7-21(28)8-11-23/h2-11,16,18H,12-15,17H2,1H3,(H,29,34)(H,30,33). The number of carbonyl (C=O) groups excluding carboxylic acids is 2. The Kier molecular flexibility index (Phi) is 7.23. The number of anilines is 1. The maximum Gasteiger partial charge on any atom is 0.414 e. The van der Waals surface area contributed by atoms with Gasteiger partial charge in [0.2, 0.25) is 21.8 Å². The van der Waals surface area contributed by atoms with Crippen LogP contribution in [0.1, 0.15) is 26.2 Å². The van der Waals surface area contributed by atoms with Crippen LogP contribution in [0.5, 0.6) is 0 Å². The second kappa shape index (κ2) is 10.6. The summed E-state index contributed by atoms with van der Waals surface area (Å²) >= 11 is 0. The van der Waals surface area contributed by atoms with Gasteiger partial charge in [0.1, 0.15) is 17.5 Å². The van der Waals surface area contributed by atoms with Gasteiger partial charge in [0, 0.05) is 31.6 Å². The minimum Gasteiger partial charge on any atom is -0.392 e. The number of carbonyl (C=O) groups is 2. The minimum absolute atomic E-state index is 0.0166. The first-order chi connectivity index (χ1) is 18.6. The maximum absolute atomic E-state index is 13.2. The zero-order valence-electron chi connectivity index (χ0n) is 21.1. The number of hydrogen-bond acceptors (Lipinski definition) is 7. The highest BCUT2D eigenvalue weighted by Gasteiger charge is 2.45. The van der Waals surface area contributed by atoms with E-state index in [1.54, 1.807) is 6.07 Å². The van der Waals surface area contributed by atoms with Crippen molar-refractivity contribution in [1.82, 2.24) is 9.62 Å². The predicted octanol–water partition coefficient (Wildman–Crippen LogP) is 3.99. The molecule has 1 unspecified atom stereocenters. The van der Waals surface area contributed by atoms with Gasteiger partial charge in [-0.3, -0.25) is 4.79 Å². The Hall–Kier alpha value is -4.03.